The lowest BCUT2D eigenvalue weighted by atomic mass is 9.61. The van der Waals surface area contributed by atoms with Crippen molar-refractivity contribution in [3.63, 3.8) is 0 Å². The molecule has 0 heterocycles. The molecule has 2 aliphatic carbocycles. The molecule has 0 aromatic rings. The first-order chi connectivity index (χ1) is 9.51. The molecule has 2 rings (SSSR count). The third-order valence-electron chi connectivity index (χ3n) is 6.00. The van der Waals surface area contributed by atoms with Crippen molar-refractivity contribution in [3.8, 4) is 6.07 Å². The Morgan fingerprint density at radius 2 is 1.95 bits per heavy atom. The van der Waals surface area contributed by atoms with Gasteiger partial charge in [0.2, 0.25) is 0 Å². The van der Waals surface area contributed by atoms with Gasteiger partial charge in [0.15, 0.2) is 0 Å². The number of nitrogens with zero attached hydrogens (tertiary/aromatic N) is 1. The molecule has 0 saturated heterocycles. The molecule has 0 amide bonds. The Balaban J connectivity index is 2.02. The molecule has 2 saturated carbocycles. The van der Waals surface area contributed by atoms with Crippen molar-refractivity contribution in [3.05, 3.63) is 0 Å². The van der Waals surface area contributed by atoms with E-state index in [4.69, 9.17) is 0 Å². The van der Waals surface area contributed by atoms with E-state index in [1.165, 1.54) is 19.3 Å². The Morgan fingerprint density at radius 3 is 2.60 bits per heavy atom. The maximum absolute atomic E-state index is 10.3. The van der Waals surface area contributed by atoms with E-state index < -0.39 is 0 Å². The summed E-state index contributed by atoms with van der Waals surface area (Å²) in [5.41, 5.74) is -0.213. The average Bonchev–Trinajstić information content (AvgIpc) is 2.79. The number of rotatable bonds is 5. The Hall–Kier alpha value is -0.550. The highest BCUT2D eigenvalue weighted by Gasteiger charge is 2.55. The fourth-order valence-corrected chi connectivity index (χ4v) is 4.92. The molecule has 0 aromatic carbocycles. The van der Waals surface area contributed by atoms with E-state index in [-0.39, 0.29) is 17.4 Å². The Morgan fingerprint density at radius 1 is 1.20 bits per heavy atom. The maximum atomic E-state index is 10.3. The van der Waals surface area contributed by atoms with Crippen LogP contribution in [0.3, 0.4) is 0 Å². The molecular weight excluding hydrogens is 246 g/mol. The summed E-state index contributed by atoms with van der Waals surface area (Å²) in [6, 6.07) is 2.68. The van der Waals surface area contributed by atoms with E-state index in [1.54, 1.807) is 0 Å². The molecule has 20 heavy (non-hydrogen) atoms. The molecule has 2 aliphatic rings. The van der Waals surface area contributed by atoms with E-state index in [2.05, 4.69) is 26.8 Å². The van der Waals surface area contributed by atoms with Crippen molar-refractivity contribution < 1.29 is 5.11 Å². The average molecular weight is 277 g/mol. The highest BCUT2D eigenvalue weighted by molar-refractivity contribution is 5.14. The van der Waals surface area contributed by atoms with Crippen LogP contribution in [0.25, 0.3) is 0 Å². The van der Waals surface area contributed by atoms with Crippen molar-refractivity contribution >= 4 is 0 Å². The van der Waals surface area contributed by atoms with Crippen LogP contribution in [0, 0.1) is 40.4 Å². The van der Waals surface area contributed by atoms with Gasteiger partial charge < -0.3 is 5.11 Å². The number of hydrogen-bond acceptors (Lipinski definition) is 2. The molecule has 0 bridgehead atoms. The zero-order chi connectivity index (χ0) is 14.8. The van der Waals surface area contributed by atoms with Crippen molar-refractivity contribution in [1.29, 1.82) is 5.26 Å². The standard InChI is InChI=1S/C18H31NO/c1-13(2)6-4-7-14(3)15-9-10-16-17(20)8-5-11-18(15,16)12-19/h13-17,20H,4-11H2,1-3H3/t14-,15-,16+,17+,18+/m1/s1. The van der Waals surface area contributed by atoms with Crippen LogP contribution in [0.4, 0.5) is 0 Å². The first-order valence-corrected chi connectivity index (χ1v) is 8.60. The molecule has 0 spiro atoms. The monoisotopic (exact) mass is 277 g/mol. The second kappa shape index (κ2) is 6.48. The summed E-state index contributed by atoms with van der Waals surface area (Å²) in [6.45, 7) is 6.91. The minimum atomic E-state index is -0.226. The smallest absolute Gasteiger partial charge is 0.0696 e. The quantitative estimate of drug-likeness (QED) is 0.802. The van der Waals surface area contributed by atoms with Crippen LogP contribution in [0.15, 0.2) is 0 Å². The fourth-order valence-electron chi connectivity index (χ4n) is 4.92. The summed E-state index contributed by atoms with van der Waals surface area (Å²) in [5, 5.41) is 20.1. The Kier molecular flexibility index (Phi) is 5.13. The van der Waals surface area contributed by atoms with Gasteiger partial charge in [0.05, 0.1) is 17.6 Å². The molecule has 0 unspecified atom stereocenters. The predicted octanol–water partition coefficient (Wildman–Crippen LogP) is 4.53. The van der Waals surface area contributed by atoms with Crippen LogP contribution in [0.5, 0.6) is 0 Å². The van der Waals surface area contributed by atoms with Crippen LogP contribution >= 0.6 is 0 Å². The summed E-state index contributed by atoms with van der Waals surface area (Å²) in [4.78, 5) is 0. The molecular formula is C18H31NO. The van der Waals surface area contributed by atoms with Crippen LogP contribution in [-0.2, 0) is 0 Å². The van der Waals surface area contributed by atoms with Gasteiger partial charge in [-0.3, -0.25) is 0 Å². The van der Waals surface area contributed by atoms with E-state index in [1.807, 2.05) is 0 Å². The Bertz CT molecular complexity index is 359. The van der Waals surface area contributed by atoms with Gasteiger partial charge in [-0.1, -0.05) is 40.0 Å². The number of hydrogen-bond donors (Lipinski definition) is 1. The highest BCUT2D eigenvalue weighted by Crippen LogP contribution is 2.58. The first-order valence-electron chi connectivity index (χ1n) is 8.60. The second-order valence-electron chi connectivity index (χ2n) is 7.70. The van der Waals surface area contributed by atoms with Crippen LogP contribution in [0.1, 0.15) is 72.1 Å². The van der Waals surface area contributed by atoms with E-state index in [0.29, 0.717) is 11.8 Å². The van der Waals surface area contributed by atoms with Crippen LogP contribution < -0.4 is 0 Å². The minimum Gasteiger partial charge on any atom is -0.393 e. The summed E-state index contributed by atoms with van der Waals surface area (Å²) < 4.78 is 0. The van der Waals surface area contributed by atoms with Gasteiger partial charge in [0, 0.05) is 5.92 Å². The molecule has 1 N–H and O–H groups in total. The number of aliphatic hydroxyl groups is 1. The SMILES string of the molecule is CC(C)CCC[C@@H](C)[C@H]1CC[C@H]2[C@@H](O)CCC[C@]12C#N. The molecule has 0 aromatic heterocycles. The van der Waals surface area contributed by atoms with Gasteiger partial charge in [-0.2, -0.15) is 5.26 Å². The number of aliphatic hydroxyl groups excluding tert-OH is 1. The molecule has 0 radical (unpaired) electrons. The summed E-state index contributed by atoms with van der Waals surface area (Å²) in [5.74, 6) is 2.17. The zero-order valence-corrected chi connectivity index (χ0v) is 13.4. The first kappa shape index (κ1) is 15.8. The van der Waals surface area contributed by atoms with E-state index in [0.717, 1.165) is 38.0 Å². The van der Waals surface area contributed by atoms with E-state index >= 15 is 0 Å². The third-order valence-corrected chi connectivity index (χ3v) is 6.00. The topological polar surface area (TPSA) is 44.0 Å². The summed E-state index contributed by atoms with van der Waals surface area (Å²) in [6.07, 6.45) is 8.76. The second-order valence-corrected chi connectivity index (χ2v) is 7.70. The molecule has 2 fully saturated rings. The lowest BCUT2D eigenvalue weighted by molar-refractivity contribution is -0.00560. The lowest BCUT2D eigenvalue weighted by Crippen LogP contribution is -2.42. The van der Waals surface area contributed by atoms with Gasteiger partial charge >= 0.3 is 0 Å². The van der Waals surface area contributed by atoms with Crippen molar-refractivity contribution in [2.24, 2.45) is 29.1 Å². The fraction of sp³-hybridized carbons (Fsp3) is 0.944. The predicted molar refractivity (Wildman–Crippen MR) is 82.0 cm³/mol. The van der Waals surface area contributed by atoms with Gasteiger partial charge in [0.1, 0.15) is 0 Å². The van der Waals surface area contributed by atoms with Gasteiger partial charge in [-0.05, 0) is 49.9 Å². The number of nitriles is 1. The highest BCUT2D eigenvalue weighted by atomic mass is 16.3. The zero-order valence-electron chi connectivity index (χ0n) is 13.4. The molecule has 2 heteroatoms. The van der Waals surface area contributed by atoms with Crippen molar-refractivity contribution in [2.75, 3.05) is 0 Å². The summed E-state index contributed by atoms with van der Waals surface area (Å²) in [7, 11) is 0. The maximum Gasteiger partial charge on any atom is 0.0696 e. The molecule has 114 valence electrons. The van der Waals surface area contributed by atoms with Crippen molar-refractivity contribution in [1.82, 2.24) is 0 Å². The summed E-state index contributed by atoms with van der Waals surface area (Å²) >= 11 is 0. The van der Waals surface area contributed by atoms with Crippen LogP contribution in [-0.4, -0.2) is 11.2 Å². The van der Waals surface area contributed by atoms with Gasteiger partial charge in [-0.15, -0.1) is 0 Å². The van der Waals surface area contributed by atoms with Crippen LogP contribution in [0.2, 0.25) is 0 Å². The minimum absolute atomic E-state index is 0.213. The molecule has 0 aliphatic heterocycles. The van der Waals surface area contributed by atoms with E-state index in [9.17, 15) is 10.4 Å². The lowest BCUT2D eigenvalue weighted by Gasteiger charge is -2.42. The van der Waals surface area contributed by atoms with Crippen molar-refractivity contribution in [2.45, 2.75) is 78.2 Å². The van der Waals surface area contributed by atoms with Gasteiger partial charge in [0.25, 0.3) is 0 Å². The third kappa shape index (κ3) is 2.89. The Labute approximate surface area is 124 Å². The normalized spacial score (nSPS) is 38.5. The largest absolute Gasteiger partial charge is 0.393 e. The molecule has 2 nitrogen and oxygen atoms in total. The van der Waals surface area contributed by atoms with Gasteiger partial charge in [-0.25, -0.2) is 0 Å². The number of fused-ring (bicyclic) bond motifs is 1. The molecule has 5 atom stereocenters.